The summed E-state index contributed by atoms with van der Waals surface area (Å²) in [7, 11) is 1.48. The van der Waals surface area contributed by atoms with Crippen LogP contribution in [0.1, 0.15) is 16.7 Å². The van der Waals surface area contributed by atoms with Crippen molar-refractivity contribution in [2.75, 3.05) is 32.2 Å². The van der Waals surface area contributed by atoms with E-state index in [-0.39, 0.29) is 35.8 Å². The number of nitrogens with one attached hydrogen (secondary N) is 1. The van der Waals surface area contributed by atoms with Crippen molar-refractivity contribution in [2.24, 2.45) is 0 Å². The molecule has 0 saturated carbocycles. The zero-order valence-electron chi connectivity index (χ0n) is 22.0. The normalized spacial score (nSPS) is 14.0. The van der Waals surface area contributed by atoms with Crippen LogP contribution in [0.5, 0.6) is 17.2 Å². The number of halogens is 2. The summed E-state index contributed by atoms with van der Waals surface area (Å²) in [6.45, 7) is 3.95. The number of carbonyl (C=O) groups is 3. The number of benzene rings is 3. The standard InChI is InChI=1S/C29H26BrClN2O6S/c1-17-18(2)23(10-9-22(17)30)32-27(34)16-39-24-11-4-19(14-25(24)37-3)15-26-28(35)33(29(36)40-26)12-13-38-21-7-5-20(31)6-8-21/h4-11,14-15H,12-13,16H2,1-3H3,(H,32,34)/b26-15-. The molecule has 208 valence electrons. The highest BCUT2D eigenvalue weighted by Crippen LogP contribution is 2.34. The van der Waals surface area contributed by atoms with Crippen molar-refractivity contribution in [1.29, 1.82) is 0 Å². The van der Waals surface area contributed by atoms with E-state index in [0.29, 0.717) is 33.5 Å². The maximum atomic E-state index is 12.9. The Kier molecular flexibility index (Phi) is 9.78. The average Bonchev–Trinajstić information content (AvgIpc) is 3.20. The molecule has 0 spiro atoms. The van der Waals surface area contributed by atoms with Gasteiger partial charge in [-0.25, -0.2) is 0 Å². The van der Waals surface area contributed by atoms with E-state index in [1.807, 2.05) is 26.0 Å². The average molecular weight is 646 g/mol. The summed E-state index contributed by atoms with van der Waals surface area (Å²) in [6, 6.07) is 15.6. The molecule has 8 nitrogen and oxygen atoms in total. The molecule has 0 atom stereocenters. The monoisotopic (exact) mass is 644 g/mol. The van der Waals surface area contributed by atoms with Crippen LogP contribution in [0.2, 0.25) is 5.02 Å². The number of hydrogen-bond acceptors (Lipinski definition) is 7. The predicted octanol–water partition coefficient (Wildman–Crippen LogP) is 6.86. The summed E-state index contributed by atoms with van der Waals surface area (Å²) in [5.41, 5.74) is 3.35. The van der Waals surface area contributed by atoms with Crippen molar-refractivity contribution in [2.45, 2.75) is 13.8 Å². The van der Waals surface area contributed by atoms with Crippen molar-refractivity contribution < 1.29 is 28.6 Å². The number of rotatable bonds is 10. The zero-order chi connectivity index (χ0) is 28.8. The van der Waals surface area contributed by atoms with Gasteiger partial charge in [-0.05, 0) is 96.9 Å². The third kappa shape index (κ3) is 7.18. The van der Waals surface area contributed by atoms with Crippen molar-refractivity contribution in [3.05, 3.63) is 85.7 Å². The van der Waals surface area contributed by atoms with E-state index in [1.165, 1.54) is 7.11 Å². The lowest BCUT2D eigenvalue weighted by Gasteiger charge is -2.14. The first-order chi connectivity index (χ1) is 19.2. The minimum atomic E-state index is -0.399. The number of hydrogen-bond donors (Lipinski definition) is 1. The molecule has 1 fully saturated rings. The van der Waals surface area contributed by atoms with Crippen molar-refractivity contribution >= 4 is 68.1 Å². The minimum Gasteiger partial charge on any atom is -0.493 e. The fraction of sp³-hybridized carbons (Fsp3) is 0.207. The first-order valence-corrected chi connectivity index (χ1v) is 14.1. The Morgan fingerprint density at radius 3 is 2.50 bits per heavy atom. The van der Waals surface area contributed by atoms with E-state index < -0.39 is 5.91 Å². The largest absolute Gasteiger partial charge is 0.493 e. The number of amides is 3. The van der Waals surface area contributed by atoms with Crippen molar-refractivity contribution in [1.82, 2.24) is 4.90 Å². The van der Waals surface area contributed by atoms with E-state index in [9.17, 15) is 14.4 Å². The molecule has 1 aliphatic rings. The summed E-state index contributed by atoms with van der Waals surface area (Å²) in [4.78, 5) is 39.3. The highest BCUT2D eigenvalue weighted by Gasteiger charge is 2.34. The van der Waals surface area contributed by atoms with Gasteiger partial charge in [0.15, 0.2) is 18.1 Å². The summed E-state index contributed by atoms with van der Waals surface area (Å²) in [6.07, 6.45) is 1.61. The number of thioether (sulfide) groups is 1. The van der Waals surface area contributed by atoms with Crippen molar-refractivity contribution in [3.8, 4) is 17.2 Å². The van der Waals surface area contributed by atoms with Crippen LogP contribution in [0, 0.1) is 13.8 Å². The number of methoxy groups -OCH3 is 1. The quantitative estimate of drug-likeness (QED) is 0.241. The Morgan fingerprint density at radius 2 is 1.77 bits per heavy atom. The van der Waals surface area contributed by atoms with E-state index in [1.54, 1.807) is 48.5 Å². The van der Waals surface area contributed by atoms with E-state index in [4.69, 9.17) is 25.8 Å². The van der Waals surface area contributed by atoms with E-state index >= 15 is 0 Å². The van der Waals surface area contributed by atoms with Crippen LogP contribution in [0.25, 0.3) is 6.08 Å². The lowest BCUT2D eigenvalue weighted by molar-refractivity contribution is -0.123. The Morgan fingerprint density at radius 1 is 1.02 bits per heavy atom. The molecule has 1 saturated heterocycles. The van der Waals surface area contributed by atoms with Gasteiger partial charge in [0.1, 0.15) is 12.4 Å². The lowest BCUT2D eigenvalue weighted by Crippen LogP contribution is -2.32. The fourth-order valence-corrected chi connectivity index (χ4v) is 5.20. The molecular formula is C29H26BrClN2O6S. The van der Waals surface area contributed by atoms with Gasteiger partial charge < -0.3 is 19.5 Å². The van der Waals surface area contributed by atoms with E-state index in [2.05, 4.69) is 21.2 Å². The molecule has 1 heterocycles. The molecule has 4 rings (SSSR count). The van der Waals surface area contributed by atoms with Crippen LogP contribution in [-0.4, -0.2) is 48.8 Å². The van der Waals surface area contributed by atoms with Gasteiger partial charge in [-0.1, -0.05) is 33.6 Å². The third-order valence-corrected chi connectivity index (χ3v) is 8.13. The summed E-state index contributed by atoms with van der Waals surface area (Å²) in [5.74, 6) is 0.630. The minimum absolute atomic E-state index is 0.113. The number of imide groups is 1. The lowest BCUT2D eigenvalue weighted by atomic mass is 10.1. The maximum absolute atomic E-state index is 12.9. The van der Waals surface area contributed by atoms with Crippen LogP contribution < -0.4 is 19.5 Å². The highest BCUT2D eigenvalue weighted by atomic mass is 79.9. The summed E-state index contributed by atoms with van der Waals surface area (Å²) in [5, 5.41) is 3.08. The number of ether oxygens (including phenoxy) is 3. The highest BCUT2D eigenvalue weighted by molar-refractivity contribution is 9.10. The van der Waals surface area contributed by atoms with Gasteiger partial charge in [0.25, 0.3) is 17.1 Å². The first kappa shape index (κ1) is 29.5. The molecule has 3 aromatic carbocycles. The Balaban J connectivity index is 1.36. The van der Waals surface area contributed by atoms with Crippen LogP contribution in [0.15, 0.2) is 64.0 Å². The van der Waals surface area contributed by atoms with E-state index in [0.717, 1.165) is 32.3 Å². The summed E-state index contributed by atoms with van der Waals surface area (Å²) < 4.78 is 17.7. The fourth-order valence-electron chi connectivity index (χ4n) is 3.78. The second kappa shape index (κ2) is 13.3. The molecule has 0 radical (unpaired) electrons. The Hall–Kier alpha value is -3.47. The molecule has 0 bridgehead atoms. The van der Waals surface area contributed by atoms with Crippen molar-refractivity contribution in [3.63, 3.8) is 0 Å². The smallest absolute Gasteiger partial charge is 0.293 e. The molecule has 3 amide bonds. The Labute approximate surface area is 249 Å². The number of anilines is 1. The second-order valence-corrected chi connectivity index (χ2v) is 11.0. The molecule has 11 heteroatoms. The molecule has 0 unspecified atom stereocenters. The molecule has 0 aliphatic carbocycles. The topological polar surface area (TPSA) is 94.2 Å². The molecule has 40 heavy (non-hydrogen) atoms. The zero-order valence-corrected chi connectivity index (χ0v) is 25.1. The molecule has 0 aromatic heterocycles. The third-order valence-electron chi connectivity index (χ3n) is 6.11. The SMILES string of the molecule is COc1cc(/C=C2\SC(=O)N(CCOc3ccc(Cl)cc3)C2=O)ccc1OCC(=O)Nc1ccc(Br)c(C)c1C. The number of carbonyl (C=O) groups excluding carboxylic acids is 3. The molecule has 3 aromatic rings. The first-order valence-electron chi connectivity index (χ1n) is 12.2. The van der Waals surface area contributed by atoms with Gasteiger partial charge in [-0.2, -0.15) is 0 Å². The van der Waals surface area contributed by atoms with Gasteiger partial charge in [0.05, 0.1) is 18.6 Å². The van der Waals surface area contributed by atoms with Gasteiger partial charge in [0.2, 0.25) is 0 Å². The van der Waals surface area contributed by atoms with Crippen LogP contribution in [0.4, 0.5) is 10.5 Å². The van der Waals surface area contributed by atoms with Crippen LogP contribution in [0.3, 0.4) is 0 Å². The molecule has 1 N–H and O–H groups in total. The molecular weight excluding hydrogens is 620 g/mol. The predicted molar refractivity (Wildman–Crippen MR) is 160 cm³/mol. The molecule has 1 aliphatic heterocycles. The van der Waals surface area contributed by atoms with Crippen LogP contribution in [-0.2, 0) is 9.59 Å². The van der Waals surface area contributed by atoms with Crippen LogP contribution >= 0.6 is 39.3 Å². The summed E-state index contributed by atoms with van der Waals surface area (Å²) >= 11 is 10.2. The number of nitrogens with zero attached hydrogens (tertiary/aromatic N) is 1. The van der Waals surface area contributed by atoms with Gasteiger partial charge in [-0.3, -0.25) is 19.3 Å². The van der Waals surface area contributed by atoms with Gasteiger partial charge in [-0.15, -0.1) is 0 Å². The Bertz CT molecular complexity index is 1480. The van der Waals surface area contributed by atoms with Gasteiger partial charge >= 0.3 is 0 Å². The second-order valence-electron chi connectivity index (χ2n) is 8.73. The maximum Gasteiger partial charge on any atom is 0.293 e. The van der Waals surface area contributed by atoms with Gasteiger partial charge in [0, 0.05) is 15.2 Å².